The van der Waals surface area contributed by atoms with Gasteiger partial charge in [0.1, 0.15) is 0 Å². The fourth-order valence-corrected chi connectivity index (χ4v) is 3.43. The molecule has 1 aromatic carbocycles. The van der Waals surface area contributed by atoms with Crippen molar-refractivity contribution in [1.82, 2.24) is 4.90 Å². The molecule has 23 heavy (non-hydrogen) atoms. The zero-order valence-corrected chi connectivity index (χ0v) is 14.8. The Kier molecular flexibility index (Phi) is 5.47. The molecule has 0 saturated heterocycles. The van der Waals surface area contributed by atoms with Gasteiger partial charge in [0.2, 0.25) is 0 Å². The quantitative estimate of drug-likeness (QED) is 0.754. The Morgan fingerprint density at radius 2 is 1.91 bits per heavy atom. The van der Waals surface area contributed by atoms with Crippen LogP contribution in [0.1, 0.15) is 31.7 Å². The van der Waals surface area contributed by atoms with E-state index in [-0.39, 0.29) is 5.41 Å². The zero-order valence-electron chi connectivity index (χ0n) is 14.8. The number of methoxy groups -OCH3 is 2. The molecule has 1 aliphatic carbocycles. The molecule has 0 aromatic heterocycles. The van der Waals surface area contributed by atoms with E-state index in [0.717, 1.165) is 36.9 Å². The van der Waals surface area contributed by atoms with Crippen molar-refractivity contribution in [1.29, 1.82) is 0 Å². The van der Waals surface area contributed by atoms with Crippen LogP contribution < -0.4 is 9.47 Å². The number of hydrogen-bond acceptors (Lipinski definition) is 4. The van der Waals surface area contributed by atoms with E-state index in [1.165, 1.54) is 0 Å². The number of nitrogens with zero attached hydrogens (tertiary/aromatic N) is 1. The summed E-state index contributed by atoms with van der Waals surface area (Å²) in [6.07, 6.45) is 4.65. The molecule has 1 fully saturated rings. The molecule has 0 spiro atoms. The summed E-state index contributed by atoms with van der Waals surface area (Å²) >= 11 is 0. The van der Waals surface area contributed by atoms with Crippen molar-refractivity contribution in [3.05, 3.63) is 29.3 Å². The van der Waals surface area contributed by atoms with Crippen molar-refractivity contribution < 1.29 is 14.3 Å². The molecule has 0 radical (unpaired) electrons. The highest BCUT2D eigenvalue weighted by Gasteiger charge is 2.43. The van der Waals surface area contributed by atoms with E-state index < -0.39 is 0 Å². The number of allylic oxidation sites excluding steroid dienone is 1. The first kappa shape index (κ1) is 17.5. The number of ether oxygens (including phenoxy) is 2. The van der Waals surface area contributed by atoms with Gasteiger partial charge in [-0.2, -0.15) is 0 Å². The third-order valence-corrected chi connectivity index (χ3v) is 4.69. The van der Waals surface area contributed by atoms with Crippen LogP contribution in [-0.4, -0.2) is 45.5 Å². The minimum Gasteiger partial charge on any atom is -0.493 e. The Hall–Kier alpha value is -1.81. The van der Waals surface area contributed by atoms with Crippen LogP contribution in [0.3, 0.4) is 0 Å². The third-order valence-electron chi connectivity index (χ3n) is 4.69. The average Bonchev–Trinajstić information content (AvgIpc) is 2.84. The molecule has 1 aliphatic rings. The Morgan fingerprint density at radius 1 is 1.22 bits per heavy atom. The standard InChI is InChI=1S/C19H27NO3/c1-6-19(13-20(2)3)10-9-15(18(19)21)11-14-7-8-16(22-4)17(12-14)23-5/h7-8,11-12H,6,9-10,13H2,1-5H3/b15-11+. The van der Waals surface area contributed by atoms with Gasteiger partial charge in [-0.05, 0) is 62.7 Å². The Balaban J connectivity index is 2.29. The van der Waals surface area contributed by atoms with Crippen LogP contribution in [0.15, 0.2) is 23.8 Å². The van der Waals surface area contributed by atoms with Gasteiger partial charge in [0, 0.05) is 12.0 Å². The summed E-state index contributed by atoms with van der Waals surface area (Å²) < 4.78 is 10.6. The van der Waals surface area contributed by atoms with Gasteiger partial charge >= 0.3 is 0 Å². The molecular formula is C19H27NO3. The Bertz CT molecular complexity index is 607. The van der Waals surface area contributed by atoms with Crippen molar-refractivity contribution in [2.24, 2.45) is 5.41 Å². The Labute approximate surface area is 139 Å². The van der Waals surface area contributed by atoms with E-state index in [2.05, 4.69) is 11.8 Å². The number of rotatable bonds is 6. The lowest BCUT2D eigenvalue weighted by molar-refractivity contribution is -0.123. The molecule has 1 unspecified atom stereocenters. The number of benzene rings is 1. The fourth-order valence-electron chi connectivity index (χ4n) is 3.43. The maximum Gasteiger partial charge on any atom is 0.166 e. The predicted octanol–water partition coefficient (Wildman–Crippen LogP) is 3.41. The minimum atomic E-state index is -0.230. The highest BCUT2D eigenvalue weighted by molar-refractivity contribution is 6.05. The van der Waals surface area contributed by atoms with Crippen molar-refractivity contribution in [3.8, 4) is 11.5 Å². The summed E-state index contributed by atoms with van der Waals surface area (Å²) in [7, 11) is 7.30. The number of ketones is 1. The molecule has 1 aromatic rings. The van der Waals surface area contributed by atoms with Gasteiger partial charge in [0.25, 0.3) is 0 Å². The summed E-state index contributed by atoms with van der Waals surface area (Å²) in [5, 5.41) is 0. The van der Waals surface area contributed by atoms with Gasteiger partial charge in [-0.25, -0.2) is 0 Å². The molecule has 1 saturated carbocycles. The zero-order chi connectivity index (χ0) is 17.0. The number of Topliss-reactive ketones (excluding diaryl/α,β-unsaturated/α-hetero) is 1. The average molecular weight is 317 g/mol. The molecule has 0 amide bonds. The Morgan fingerprint density at radius 3 is 2.48 bits per heavy atom. The van der Waals surface area contributed by atoms with E-state index in [4.69, 9.17) is 9.47 Å². The molecule has 0 bridgehead atoms. The highest BCUT2D eigenvalue weighted by atomic mass is 16.5. The van der Waals surface area contributed by atoms with Gasteiger partial charge in [-0.3, -0.25) is 4.79 Å². The molecule has 2 rings (SSSR count). The first-order valence-corrected chi connectivity index (χ1v) is 8.08. The SMILES string of the molecule is CCC1(CN(C)C)CC/C(=C\c2ccc(OC)c(OC)c2)C1=O. The fraction of sp³-hybridized carbons (Fsp3) is 0.526. The van der Waals surface area contributed by atoms with Gasteiger partial charge in [0.05, 0.1) is 14.2 Å². The number of hydrogen-bond donors (Lipinski definition) is 0. The maximum atomic E-state index is 12.9. The lowest BCUT2D eigenvalue weighted by Gasteiger charge is -2.28. The molecular weight excluding hydrogens is 290 g/mol. The molecule has 0 heterocycles. The molecule has 4 heteroatoms. The predicted molar refractivity (Wildman–Crippen MR) is 93.0 cm³/mol. The smallest absolute Gasteiger partial charge is 0.166 e. The molecule has 4 nitrogen and oxygen atoms in total. The summed E-state index contributed by atoms with van der Waals surface area (Å²) in [6, 6.07) is 5.74. The van der Waals surface area contributed by atoms with Crippen LogP contribution >= 0.6 is 0 Å². The van der Waals surface area contributed by atoms with Crippen LogP contribution in [-0.2, 0) is 4.79 Å². The van der Waals surface area contributed by atoms with E-state index in [1.807, 2.05) is 38.4 Å². The van der Waals surface area contributed by atoms with Crippen LogP contribution in [0.4, 0.5) is 0 Å². The summed E-state index contributed by atoms with van der Waals surface area (Å²) in [4.78, 5) is 15.0. The number of carbonyl (C=O) groups is 1. The second-order valence-electron chi connectivity index (χ2n) is 6.48. The van der Waals surface area contributed by atoms with Gasteiger partial charge in [-0.1, -0.05) is 13.0 Å². The first-order valence-electron chi connectivity index (χ1n) is 8.08. The lowest BCUT2D eigenvalue weighted by Crippen LogP contribution is -2.36. The topological polar surface area (TPSA) is 38.8 Å². The van der Waals surface area contributed by atoms with Gasteiger partial charge in [-0.15, -0.1) is 0 Å². The summed E-state index contributed by atoms with van der Waals surface area (Å²) in [5.41, 5.74) is 1.66. The lowest BCUT2D eigenvalue weighted by atomic mass is 9.81. The van der Waals surface area contributed by atoms with Gasteiger partial charge in [0.15, 0.2) is 17.3 Å². The molecule has 0 aliphatic heterocycles. The third kappa shape index (κ3) is 3.58. The van der Waals surface area contributed by atoms with E-state index >= 15 is 0 Å². The summed E-state index contributed by atoms with van der Waals surface area (Å²) in [6.45, 7) is 2.92. The largest absolute Gasteiger partial charge is 0.493 e. The second-order valence-corrected chi connectivity index (χ2v) is 6.48. The maximum absolute atomic E-state index is 12.9. The second kappa shape index (κ2) is 7.18. The van der Waals surface area contributed by atoms with Crippen molar-refractivity contribution in [2.75, 3.05) is 34.9 Å². The number of carbonyl (C=O) groups excluding carboxylic acids is 1. The van der Waals surface area contributed by atoms with Crippen molar-refractivity contribution in [2.45, 2.75) is 26.2 Å². The van der Waals surface area contributed by atoms with E-state index in [0.29, 0.717) is 17.3 Å². The van der Waals surface area contributed by atoms with Crippen LogP contribution in [0, 0.1) is 5.41 Å². The van der Waals surface area contributed by atoms with E-state index in [9.17, 15) is 4.79 Å². The van der Waals surface area contributed by atoms with Crippen molar-refractivity contribution >= 4 is 11.9 Å². The first-order chi connectivity index (χ1) is 11.0. The normalized spacial score (nSPS) is 22.9. The molecule has 0 N–H and O–H groups in total. The van der Waals surface area contributed by atoms with Crippen LogP contribution in [0.5, 0.6) is 11.5 Å². The highest BCUT2D eigenvalue weighted by Crippen LogP contribution is 2.42. The van der Waals surface area contributed by atoms with Crippen LogP contribution in [0.2, 0.25) is 0 Å². The van der Waals surface area contributed by atoms with E-state index in [1.54, 1.807) is 14.2 Å². The molecule has 126 valence electrons. The van der Waals surface area contributed by atoms with Crippen molar-refractivity contribution in [3.63, 3.8) is 0 Å². The summed E-state index contributed by atoms with van der Waals surface area (Å²) in [5.74, 6) is 1.67. The van der Waals surface area contributed by atoms with Crippen LogP contribution in [0.25, 0.3) is 6.08 Å². The minimum absolute atomic E-state index is 0.230. The van der Waals surface area contributed by atoms with Gasteiger partial charge < -0.3 is 14.4 Å². The molecule has 1 atom stereocenters. The monoisotopic (exact) mass is 317 g/mol.